The lowest BCUT2D eigenvalue weighted by atomic mass is 10.1. The van der Waals surface area contributed by atoms with Crippen molar-refractivity contribution < 1.29 is 23.9 Å². The van der Waals surface area contributed by atoms with Crippen molar-refractivity contribution in [1.29, 1.82) is 0 Å². The normalized spacial score (nSPS) is 10.9. The van der Waals surface area contributed by atoms with Gasteiger partial charge in [-0.25, -0.2) is 4.79 Å². The van der Waals surface area contributed by atoms with Crippen LogP contribution in [0.5, 0.6) is 5.75 Å². The molecule has 36 heavy (non-hydrogen) atoms. The van der Waals surface area contributed by atoms with Crippen molar-refractivity contribution in [3.05, 3.63) is 51.7 Å². The summed E-state index contributed by atoms with van der Waals surface area (Å²) in [5, 5.41) is 11.9. The number of amides is 2. The molecule has 0 fully saturated rings. The Morgan fingerprint density at radius 1 is 1.17 bits per heavy atom. The molecule has 0 aliphatic rings. The van der Waals surface area contributed by atoms with Gasteiger partial charge in [0.25, 0.3) is 5.91 Å². The highest BCUT2D eigenvalue weighted by Gasteiger charge is 2.26. The molecule has 2 amide bonds. The summed E-state index contributed by atoms with van der Waals surface area (Å²) in [5.74, 6) is -0.300. The fraction of sp³-hybridized carbons (Fsp3) is 0.375. The third-order valence-corrected chi connectivity index (χ3v) is 7.19. The molecule has 1 aromatic carbocycles. The molecule has 192 valence electrons. The number of nitrogens with two attached hydrogens (primary N) is 1. The molecule has 0 unspecified atom stereocenters. The summed E-state index contributed by atoms with van der Waals surface area (Å²) in [4.78, 5) is 37.3. The summed E-state index contributed by atoms with van der Waals surface area (Å²) in [6.07, 6.45) is -0.363. The third-order valence-electron chi connectivity index (χ3n) is 5.00. The average Bonchev–Trinajstić information content (AvgIpc) is 3.36. The number of aryl methyl sites for hydroxylation is 1. The zero-order valence-corrected chi connectivity index (χ0v) is 22.4. The van der Waals surface area contributed by atoms with Crippen LogP contribution in [0.1, 0.15) is 57.8 Å². The van der Waals surface area contributed by atoms with Crippen molar-refractivity contribution in [2.24, 2.45) is 5.73 Å². The zero-order chi connectivity index (χ0) is 26.4. The molecule has 3 N–H and O–H groups in total. The Bertz CT molecular complexity index is 1250. The summed E-state index contributed by atoms with van der Waals surface area (Å²) in [6, 6.07) is 7.72. The molecular formula is C24H29N5O5S2. The summed E-state index contributed by atoms with van der Waals surface area (Å²) < 4.78 is 13.0. The molecule has 0 bridgehead atoms. The van der Waals surface area contributed by atoms with E-state index in [1.807, 2.05) is 42.7 Å². The minimum Gasteiger partial charge on any atom is -0.486 e. The number of thioether (sulfide) groups is 1. The molecule has 10 nitrogen and oxygen atoms in total. The summed E-state index contributed by atoms with van der Waals surface area (Å²) in [5.41, 5.74) is 7.09. The standard InChI is InChI=1S/C24H29N5O5S2/c1-6-29-17(11-33-16-9-7-14(4)8-10-16)27-28-24(29)35-12-18(30)26-22-19(23(32)34-13(2)3)15(5)20(36-22)21(25)31/h7-10,13H,6,11-12H2,1-5H3,(H2,25,31)(H,26,30). The smallest absolute Gasteiger partial charge is 0.341 e. The van der Waals surface area contributed by atoms with E-state index in [1.165, 1.54) is 11.8 Å². The highest BCUT2D eigenvalue weighted by Crippen LogP contribution is 2.34. The lowest BCUT2D eigenvalue weighted by Gasteiger charge is -2.11. The molecule has 0 aliphatic heterocycles. The Hall–Kier alpha value is -3.38. The van der Waals surface area contributed by atoms with Crippen LogP contribution in [0.4, 0.5) is 5.00 Å². The first-order valence-electron chi connectivity index (χ1n) is 11.3. The summed E-state index contributed by atoms with van der Waals surface area (Å²) in [6.45, 7) is 9.83. The molecule has 0 saturated heterocycles. The molecule has 3 rings (SSSR count). The molecule has 0 radical (unpaired) electrons. The molecule has 0 spiro atoms. The van der Waals surface area contributed by atoms with Crippen LogP contribution in [0.25, 0.3) is 0 Å². The molecule has 2 aromatic heterocycles. The minimum atomic E-state index is -0.678. The highest BCUT2D eigenvalue weighted by atomic mass is 32.2. The number of carbonyl (C=O) groups excluding carboxylic acids is 3. The first-order chi connectivity index (χ1) is 17.1. The van der Waals surface area contributed by atoms with Crippen molar-refractivity contribution in [3.8, 4) is 5.75 Å². The average molecular weight is 532 g/mol. The van der Waals surface area contributed by atoms with Gasteiger partial charge in [0, 0.05) is 6.54 Å². The highest BCUT2D eigenvalue weighted by molar-refractivity contribution is 7.99. The summed E-state index contributed by atoms with van der Waals surface area (Å²) in [7, 11) is 0. The second-order valence-corrected chi connectivity index (χ2v) is 10.1. The van der Waals surface area contributed by atoms with E-state index in [-0.39, 0.29) is 39.8 Å². The Balaban J connectivity index is 1.68. The predicted octanol–water partition coefficient (Wildman–Crippen LogP) is 3.95. The number of anilines is 1. The number of rotatable bonds is 11. The van der Waals surface area contributed by atoms with Gasteiger partial charge >= 0.3 is 5.97 Å². The molecule has 0 atom stereocenters. The number of esters is 1. The molecular weight excluding hydrogens is 502 g/mol. The lowest BCUT2D eigenvalue weighted by molar-refractivity contribution is -0.113. The van der Waals surface area contributed by atoms with Crippen molar-refractivity contribution in [1.82, 2.24) is 14.8 Å². The molecule has 2 heterocycles. The fourth-order valence-electron chi connectivity index (χ4n) is 3.28. The largest absolute Gasteiger partial charge is 0.486 e. The van der Waals surface area contributed by atoms with Crippen LogP contribution in [0.3, 0.4) is 0 Å². The maximum Gasteiger partial charge on any atom is 0.341 e. The fourth-order valence-corrected chi connectivity index (χ4v) is 5.17. The number of carbonyl (C=O) groups is 3. The zero-order valence-electron chi connectivity index (χ0n) is 20.8. The molecule has 0 aliphatic carbocycles. The van der Waals surface area contributed by atoms with E-state index in [2.05, 4.69) is 15.5 Å². The van der Waals surface area contributed by atoms with Crippen LogP contribution in [0.15, 0.2) is 29.4 Å². The Morgan fingerprint density at radius 3 is 2.47 bits per heavy atom. The number of benzene rings is 1. The Labute approximate surface area is 217 Å². The Kier molecular flexibility index (Phi) is 9.10. The second-order valence-electron chi connectivity index (χ2n) is 8.16. The van der Waals surface area contributed by atoms with E-state index in [4.69, 9.17) is 15.2 Å². The van der Waals surface area contributed by atoms with Gasteiger partial charge in [-0.05, 0) is 52.3 Å². The van der Waals surface area contributed by atoms with E-state index >= 15 is 0 Å². The predicted molar refractivity (Wildman–Crippen MR) is 139 cm³/mol. The van der Waals surface area contributed by atoms with Gasteiger partial charge in [-0.3, -0.25) is 9.59 Å². The SMILES string of the molecule is CCn1c(COc2ccc(C)cc2)nnc1SCC(=O)Nc1sc(C(N)=O)c(C)c1C(=O)OC(C)C. The van der Waals surface area contributed by atoms with Gasteiger partial charge in [0.1, 0.15) is 17.4 Å². The van der Waals surface area contributed by atoms with Crippen LogP contribution < -0.4 is 15.8 Å². The maximum atomic E-state index is 12.7. The lowest BCUT2D eigenvalue weighted by Crippen LogP contribution is -2.18. The van der Waals surface area contributed by atoms with Crippen LogP contribution in [0.2, 0.25) is 0 Å². The van der Waals surface area contributed by atoms with Gasteiger partial charge in [-0.15, -0.1) is 21.5 Å². The van der Waals surface area contributed by atoms with E-state index in [0.717, 1.165) is 22.6 Å². The number of hydrogen-bond donors (Lipinski definition) is 2. The molecule has 0 saturated carbocycles. The van der Waals surface area contributed by atoms with E-state index in [9.17, 15) is 14.4 Å². The van der Waals surface area contributed by atoms with Gasteiger partial charge in [0.2, 0.25) is 5.91 Å². The molecule has 12 heteroatoms. The van der Waals surface area contributed by atoms with Gasteiger partial charge in [-0.2, -0.15) is 0 Å². The van der Waals surface area contributed by atoms with Crippen LogP contribution in [-0.4, -0.2) is 44.4 Å². The first kappa shape index (κ1) is 27.2. The number of nitrogens with one attached hydrogen (secondary N) is 1. The van der Waals surface area contributed by atoms with E-state index in [1.54, 1.807) is 20.8 Å². The Morgan fingerprint density at radius 2 is 1.86 bits per heavy atom. The number of aromatic nitrogens is 3. The second kappa shape index (κ2) is 12.0. The third kappa shape index (κ3) is 6.64. The van der Waals surface area contributed by atoms with Crippen LogP contribution in [0, 0.1) is 13.8 Å². The van der Waals surface area contributed by atoms with Crippen molar-refractivity contribution in [2.75, 3.05) is 11.1 Å². The van der Waals surface area contributed by atoms with Gasteiger partial charge < -0.3 is 25.1 Å². The topological polar surface area (TPSA) is 138 Å². The van der Waals surface area contributed by atoms with Crippen LogP contribution >= 0.6 is 23.1 Å². The number of primary amides is 1. The van der Waals surface area contributed by atoms with Crippen molar-refractivity contribution in [3.63, 3.8) is 0 Å². The van der Waals surface area contributed by atoms with Crippen molar-refractivity contribution >= 4 is 45.9 Å². The number of thiophene rings is 1. The van der Waals surface area contributed by atoms with E-state index < -0.39 is 11.9 Å². The van der Waals surface area contributed by atoms with Gasteiger partial charge in [0.05, 0.1) is 22.3 Å². The number of hydrogen-bond acceptors (Lipinski definition) is 9. The monoisotopic (exact) mass is 531 g/mol. The number of ether oxygens (including phenoxy) is 2. The number of nitrogens with zero attached hydrogens (tertiary/aromatic N) is 3. The maximum absolute atomic E-state index is 12.7. The summed E-state index contributed by atoms with van der Waals surface area (Å²) >= 11 is 2.15. The van der Waals surface area contributed by atoms with Gasteiger partial charge in [-0.1, -0.05) is 29.5 Å². The molecule has 3 aromatic rings. The van der Waals surface area contributed by atoms with Crippen molar-refractivity contribution in [2.45, 2.75) is 59.0 Å². The first-order valence-corrected chi connectivity index (χ1v) is 13.1. The van der Waals surface area contributed by atoms with E-state index in [0.29, 0.717) is 23.1 Å². The van der Waals surface area contributed by atoms with Gasteiger partial charge in [0.15, 0.2) is 11.0 Å². The quantitative estimate of drug-likeness (QED) is 0.280. The van der Waals surface area contributed by atoms with Crippen LogP contribution in [-0.2, 0) is 22.7 Å². The minimum absolute atomic E-state index is 0.0124.